The van der Waals surface area contributed by atoms with E-state index in [4.69, 9.17) is 5.73 Å². The highest BCUT2D eigenvalue weighted by Gasteiger charge is 2.25. The molecule has 0 bridgehead atoms. The van der Waals surface area contributed by atoms with Crippen LogP contribution < -0.4 is 15.8 Å². The van der Waals surface area contributed by atoms with Crippen LogP contribution in [0.2, 0.25) is 0 Å². The third-order valence-electron chi connectivity index (χ3n) is 4.51. The van der Waals surface area contributed by atoms with Crippen molar-refractivity contribution in [2.45, 2.75) is 44.0 Å². The third kappa shape index (κ3) is 4.36. The molecule has 2 rings (SSSR count). The molecule has 0 radical (unpaired) electrons. The van der Waals surface area contributed by atoms with Gasteiger partial charge < -0.3 is 11.1 Å². The van der Waals surface area contributed by atoms with Gasteiger partial charge in [0.2, 0.25) is 15.9 Å². The van der Waals surface area contributed by atoms with Crippen molar-refractivity contribution >= 4 is 32.4 Å². The normalized spacial score (nSPS) is 12.3. The van der Waals surface area contributed by atoms with E-state index < -0.39 is 15.6 Å². The predicted molar refractivity (Wildman–Crippen MR) is 101 cm³/mol. The number of nitrogens with one attached hydrogen (secondary N) is 2. The zero-order valence-corrected chi connectivity index (χ0v) is 15.6. The Morgan fingerprint density at radius 1 is 1.08 bits per heavy atom. The maximum absolute atomic E-state index is 12.8. The molecule has 0 saturated carbocycles. The van der Waals surface area contributed by atoms with E-state index in [-0.39, 0.29) is 17.3 Å². The van der Waals surface area contributed by atoms with Crippen molar-refractivity contribution in [2.24, 2.45) is 5.73 Å². The van der Waals surface area contributed by atoms with E-state index in [1.54, 1.807) is 30.3 Å². The third-order valence-corrected chi connectivity index (χ3v) is 5.97. The van der Waals surface area contributed by atoms with Crippen LogP contribution in [0.5, 0.6) is 0 Å². The minimum atomic E-state index is -3.73. The number of hydrogen-bond acceptors (Lipinski definition) is 4. The summed E-state index contributed by atoms with van der Waals surface area (Å²) in [7, 11) is -3.73. The molecule has 7 heteroatoms. The maximum Gasteiger partial charge on any atom is 0.241 e. The summed E-state index contributed by atoms with van der Waals surface area (Å²) in [5.74, 6) is -0.210. The highest BCUT2D eigenvalue weighted by molar-refractivity contribution is 7.89. The Kier molecular flexibility index (Phi) is 5.82. The summed E-state index contributed by atoms with van der Waals surface area (Å²) in [6, 6.07) is 10.2. The van der Waals surface area contributed by atoms with Gasteiger partial charge in [0.1, 0.15) is 0 Å². The molecule has 0 aliphatic carbocycles. The number of carbonyl (C=O) groups is 1. The number of nitrogens with two attached hydrogens (primary N) is 1. The van der Waals surface area contributed by atoms with Crippen molar-refractivity contribution in [1.82, 2.24) is 4.72 Å². The molecule has 6 nitrogen and oxygen atoms in total. The largest absolute Gasteiger partial charge is 0.326 e. The predicted octanol–water partition coefficient (Wildman–Crippen LogP) is 2.59. The molecule has 0 saturated heterocycles. The van der Waals surface area contributed by atoms with E-state index in [9.17, 15) is 13.2 Å². The average molecular weight is 363 g/mol. The molecule has 136 valence electrons. The van der Waals surface area contributed by atoms with Crippen LogP contribution in [0.15, 0.2) is 41.3 Å². The van der Waals surface area contributed by atoms with Crippen LogP contribution in [-0.2, 0) is 14.8 Å². The number of hydrogen-bond donors (Lipinski definition) is 3. The molecule has 0 fully saturated rings. The van der Waals surface area contributed by atoms with Crippen LogP contribution in [0.4, 0.5) is 5.69 Å². The van der Waals surface area contributed by atoms with E-state index in [0.29, 0.717) is 29.3 Å². The standard InChI is InChI=1S/C18H25N3O3S/c1-4-18(19,5-2)12-20-25(23,24)17-11-10-16(21-13(3)22)14-8-6-7-9-15(14)17/h6-11,20H,4-5,12,19H2,1-3H3,(H,21,22). The number of rotatable bonds is 7. The number of anilines is 1. The van der Waals surface area contributed by atoms with Gasteiger partial charge in [-0.3, -0.25) is 4.79 Å². The lowest BCUT2D eigenvalue weighted by atomic mass is 9.95. The fraction of sp³-hybridized carbons (Fsp3) is 0.389. The first-order valence-corrected chi connectivity index (χ1v) is 9.78. The van der Waals surface area contributed by atoms with E-state index in [1.165, 1.54) is 13.0 Å². The number of amides is 1. The average Bonchev–Trinajstić information content (AvgIpc) is 2.59. The molecular formula is C18H25N3O3S. The molecule has 1 amide bonds. The van der Waals surface area contributed by atoms with Gasteiger partial charge in [-0.1, -0.05) is 38.1 Å². The lowest BCUT2D eigenvalue weighted by Gasteiger charge is -2.26. The van der Waals surface area contributed by atoms with Gasteiger partial charge in [-0.15, -0.1) is 0 Å². The Bertz CT molecular complexity index is 874. The fourth-order valence-corrected chi connectivity index (χ4v) is 3.97. The maximum atomic E-state index is 12.8. The molecule has 25 heavy (non-hydrogen) atoms. The molecule has 2 aromatic rings. The van der Waals surface area contributed by atoms with Crippen molar-refractivity contribution in [1.29, 1.82) is 0 Å². The summed E-state index contributed by atoms with van der Waals surface area (Å²) < 4.78 is 28.2. The molecule has 0 atom stereocenters. The molecule has 0 aliphatic heterocycles. The van der Waals surface area contributed by atoms with Crippen LogP contribution in [-0.4, -0.2) is 26.4 Å². The fourth-order valence-electron chi connectivity index (χ4n) is 2.62. The monoisotopic (exact) mass is 363 g/mol. The summed E-state index contributed by atoms with van der Waals surface area (Å²) in [6.45, 7) is 5.46. The number of sulfonamides is 1. The minimum absolute atomic E-state index is 0.171. The van der Waals surface area contributed by atoms with Crippen molar-refractivity contribution in [3.63, 3.8) is 0 Å². The number of benzene rings is 2. The topological polar surface area (TPSA) is 101 Å². The second-order valence-corrected chi connectivity index (χ2v) is 7.97. The van der Waals surface area contributed by atoms with Crippen LogP contribution in [0.3, 0.4) is 0 Å². The lowest BCUT2D eigenvalue weighted by molar-refractivity contribution is -0.114. The molecule has 0 spiro atoms. The molecular weight excluding hydrogens is 338 g/mol. The number of carbonyl (C=O) groups excluding carboxylic acids is 1. The van der Waals surface area contributed by atoms with Crippen molar-refractivity contribution in [3.05, 3.63) is 36.4 Å². The van der Waals surface area contributed by atoms with Gasteiger partial charge in [-0.2, -0.15) is 0 Å². The van der Waals surface area contributed by atoms with Gasteiger partial charge in [-0.25, -0.2) is 13.1 Å². The quantitative estimate of drug-likeness (QED) is 0.704. The summed E-state index contributed by atoms with van der Waals surface area (Å²) in [5.41, 5.74) is 6.21. The smallest absolute Gasteiger partial charge is 0.241 e. The Morgan fingerprint density at radius 3 is 2.24 bits per heavy atom. The first-order valence-electron chi connectivity index (χ1n) is 8.30. The van der Waals surface area contributed by atoms with Gasteiger partial charge in [0.25, 0.3) is 0 Å². The first-order chi connectivity index (χ1) is 11.7. The Balaban J connectivity index is 2.45. The van der Waals surface area contributed by atoms with E-state index in [1.807, 2.05) is 13.8 Å². The first kappa shape index (κ1) is 19.4. The van der Waals surface area contributed by atoms with Gasteiger partial charge in [0.05, 0.1) is 4.90 Å². The van der Waals surface area contributed by atoms with Crippen LogP contribution >= 0.6 is 0 Å². The van der Waals surface area contributed by atoms with Gasteiger partial charge >= 0.3 is 0 Å². The van der Waals surface area contributed by atoms with Crippen LogP contribution in [0.25, 0.3) is 10.8 Å². The van der Waals surface area contributed by atoms with E-state index in [2.05, 4.69) is 10.0 Å². The zero-order chi connectivity index (χ0) is 18.7. The van der Waals surface area contributed by atoms with Crippen molar-refractivity contribution < 1.29 is 13.2 Å². The summed E-state index contributed by atoms with van der Waals surface area (Å²) in [4.78, 5) is 11.5. The number of fused-ring (bicyclic) bond motifs is 1. The lowest BCUT2D eigenvalue weighted by Crippen LogP contribution is -2.49. The summed E-state index contributed by atoms with van der Waals surface area (Å²) in [6.07, 6.45) is 1.35. The van der Waals surface area contributed by atoms with E-state index in [0.717, 1.165) is 0 Å². The Morgan fingerprint density at radius 2 is 1.68 bits per heavy atom. The summed E-state index contributed by atoms with van der Waals surface area (Å²) >= 11 is 0. The van der Waals surface area contributed by atoms with E-state index >= 15 is 0 Å². The molecule has 0 aromatic heterocycles. The highest BCUT2D eigenvalue weighted by Crippen LogP contribution is 2.29. The van der Waals surface area contributed by atoms with Crippen molar-refractivity contribution in [2.75, 3.05) is 11.9 Å². The minimum Gasteiger partial charge on any atom is -0.326 e. The Labute approximate surface area is 148 Å². The molecule has 2 aromatic carbocycles. The molecule has 0 heterocycles. The second-order valence-electron chi connectivity index (χ2n) is 6.23. The van der Waals surface area contributed by atoms with Gasteiger partial charge in [0, 0.05) is 35.5 Å². The Hall–Kier alpha value is -1.96. The van der Waals surface area contributed by atoms with Crippen molar-refractivity contribution in [3.8, 4) is 0 Å². The second kappa shape index (κ2) is 7.51. The van der Waals surface area contributed by atoms with Gasteiger partial charge in [-0.05, 0) is 25.0 Å². The SMILES string of the molecule is CCC(N)(CC)CNS(=O)(=O)c1ccc(NC(C)=O)c2ccccc12. The van der Waals surface area contributed by atoms with Crippen LogP contribution in [0, 0.1) is 0 Å². The zero-order valence-electron chi connectivity index (χ0n) is 14.8. The molecule has 0 aliphatic rings. The van der Waals surface area contributed by atoms with Crippen LogP contribution in [0.1, 0.15) is 33.6 Å². The summed E-state index contributed by atoms with van der Waals surface area (Å²) in [5, 5.41) is 3.95. The van der Waals surface area contributed by atoms with Gasteiger partial charge in [0.15, 0.2) is 0 Å². The molecule has 0 unspecified atom stereocenters. The highest BCUT2D eigenvalue weighted by atomic mass is 32.2. The molecule has 4 N–H and O–H groups in total.